The van der Waals surface area contributed by atoms with Crippen molar-refractivity contribution in [2.75, 3.05) is 11.9 Å². The molecule has 20 heavy (non-hydrogen) atoms. The highest BCUT2D eigenvalue weighted by Gasteiger charge is 2.19. The van der Waals surface area contributed by atoms with Gasteiger partial charge in [-0.15, -0.1) is 0 Å². The van der Waals surface area contributed by atoms with Gasteiger partial charge in [0.15, 0.2) is 0 Å². The minimum absolute atomic E-state index is 0.145. The minimum Gasteiger partial charge on any atom is -0.384 e. The lowest BCUT2D eigenvalue weighted by Crippen LogP contribution is -2.24. The molecule has 0 aromatic heterocycles. The molecule has 1 aromatic carbocycles. The second-order valence-corrected chi connectivity index (χ2v) is 6.76. The number of anilines is 1. The Bertz CT molecular complexity index is 479. The van der Waals surface area contributed by atoms with Crippen LogP contribution >= 0.6 is 15.9 Å². The summed E-state index contributed by atoms with van der Waals surface area (Å²) in [6.07, 6.45) is 0. The van der Waals surface area contributed by atoms with Gasteiger partial charge in [0.1, 0.15) is 0 Å². The molecule has 0 atom stereocenters. The summed E-state index contributed by atoms with van der Waals surface area (Å²) in [7, 11) is 0. The third kappa shape index (κ3) is 4.20. The van der Waals surface area contributed by atoms with E-state index in [4.69, 9.17) is 0 Å². The summed E-state index contributed by atoms with van der Waals surface area (Å²) in [4.78, 5) is 10.5. The molecule has 0 unspecified atom stereocenters. The van der Waals surface area contributed by atoms with Gasteiger partial charge in [0.05, 0.1) is 4.92 Å². The highest BCUT2D eigenvalue weighted by atomic mass is 79.9. The van der Waals surface area contributed by atoms with Crippen molar-refractivity contribution in [2.24, 2.45) is 17.8 Å². The van der Waals surface area contributed by atoms with E-state index in [1.807, 2.05) is 6.07 Å². The number of nitrogens with one attached hydrogen (secondary N) is 1. The lowest BCUT2D eigenvalue weighted by atomic mass is 9.85. The van der Waals surface area contributed by atoms with Gasteiger partial charge >= 0.3 is 0 Å². The normalized spacial score (nSPS) is 11.4. The first kappa shape index (κ1) is 17.0. The Labute approximate surface area is 129 Å². The molecule has 5 heteroatoms. The van der Waals surface area contributed by atoms with E-state index in [2.05, 4.69) is 48.9 Å². The van der Waals surface area contributed by atoms with Crippen molar-refractivity contribution >= 4 is 27.3 Å². The van der Waals surface area contributed by atoms with Crippen molar-refractivity contribution in [3.05, 3.63) is 32.3 Å². The monoisotopic (exact) mass is 342 g/mol. The van der Waals surface area contributed by atoms with Crippen LogP contribution in [-0.2, 0) is 0 Å². The number of nitrogens with zero attached hydrogens (tertiary/aromatic N) is 1. The van der Waals surface area contributed by atoms with Gasteiger partial charge in [0.2, 0.25) is 0 Å². The van der Waals surface area contributed by atoms with E-state index in [1.54, 1.807) is 13.0 Å². The fraction of sp³-hybridized carbons (Fsp3) is 0.600. The fourth-order valence-corrected chi connectivity index (χ4v) is 2.94. The fourth-order valence-electron chi connectivity index (χ4n) is 2.47. The maximum Gasteiger partial charge on any atom is 0.273 e. The molecule has 0 heterocycles. The van der Waals surface area contributed by atoms with E-state index in [1.165, 1.54) is 0 Å². The molecule has 0 saturated carbocycles. The molecule has 0 aliphatic carbocycles. The van der Waals surface area contributed by atoms with Gasteiger partial charge in [0, 0.05) is 28.3 Å². The van der Waals surface area contributed by atoms with Crippen LogP contribution in [0.4, 0.5) is 11.4 Å². The van der Waals surface area contributed by atoms with Crippen LogP contribution in [0.2, 0.25) is 0 Å². The predicted molar refractivity (Wildman–Crippen MR) is 87.2 cm³/mol. The second kappa shape index (κ2) is 7.07. The third-order valence-corrected chi connectivity index (χ3v) is 4.38. The number of hydrogen-bond donors (Lipinski definition) is 1. The zero-order valence-electron chi connectivity index (χ0n) is 12.7. The number of nitro groups is 1. The van der Waals surface area contributed by atoms with Crippen LogP contribution in [0.1, 0.15) is 33.3 Å². The van der Waals surface area contributed by atoms with Crippen LogP contribution in [0.25, 0.3) is 0 Å². The van der Waals surface area contributed by atoms with E-state index in [9.17, 15) is 10.1 Å². The van der Waals surface area contributed by atoms with Gasteiger partial charge < -0.3 is 5.32 Å². The summed E-state index contributed by atoms with van der Waals surface area (Å²) < 4.78 is 0.737. The van der Waals surface area contributed by atoms with Crippen LogP contribution in [0, 0.1) is 34.8 Å². The Kier molecular flexibility index (Phi) is 5.99. The molecular formula is C15H23BrN2O2. The van der Waals surface area contributed by atoms with Gasteiger partial charge in [-0.1, -0.05) is 27.7 Å². The number of benzene rings is 1. The standard InChI is InChI=1S/C15H23BrN2O2/c1-9(2)12(10(3)4)8-17-14-6-11(5)15(18(19)20)7-13(14)16/h6-7,9-10,12,17H,8H2,1-5H3. The highest BCUT2D eigenvalue weighted by Crippen LogP contribution is 2.31. The first-order valence-corrected chi connectivity index (χ1v) is 7.71. The Balaban J connectivity index is 2.88. The van der Waals surface area contributed by atoms with Crippen molar-refractivity contribution in [3.63, 3.8) is 0 Å². The Morgan fingerprint density at radius 2 is 1.80 bits per heavy atom. The molecule has 1 N–H and O–H groups in total. The highest BCUT2D eigenvalue weighted by molar-refractivity contribution is 9.10. The molecule has 0 bridgehead atoms. The van der Waals surface area contributed by atoms with Gasteiger partial charge in [-0.3, -0.25) is 10.1 Å². The zero-order chi connectivity index (χ0) is 15.4. The molecule has 0 spiro atoms. The molecule has 112 valence electrons. The lowest BCUT2D eigenvalue weighted by Gasteiger charge is -2.26. The molecule has 0 radical (unpaired) electrons. The van der Waals surface area contributed by atoms with E-state index in [-0.39, 0.29) is 10.6 Å². The number of nitro benzene ring substituents is 1. The van der Waals surface area contributed by atoms with Crippen molar-refractivity contribution in [1.82, 2.24) is 0 Å². The van der Waals surface area contributed by atoms with Crippen molar-refractivity contribution in [3.8, 4) is 0 Å². The minimum atomic E-state index is -0.352. The van der Waals surface area contributed by atoms with E-state index in [0.717, 1.165) is 16.7 Å². The maximum atomic E-state index is 10.9. The molecule has 0 fully saturated rings. The van der Waals surface area contributed by atoms with Crippen molar-refractivity contribution in [1.29, 1.82) is 0 Å². The topological polar surface area (TPSA) is 55.2 Å². The molecule has 0 saturated heterocycles. The summed E-state index contributed by atoms with van der Waals surface area (Å²) in [5.74, 6) is 1.76. The van der Waals surface area contributed by atoms with Crippen LogP contribution in [0.15, 0.2) is 16.6 Å². The van der Waals surface area contributed by atoms with Gasteiger partial charge in [-0.2, -0.15) is 0 Å². The first-order valence-electron chi connectivity index (χ1n) is 6.92. The van der Waals surface area contributed by atoms with Crippen molar-refractivity contribution in [2.45, 2.75) is 34.6 Å². The summed E-state index contributed by atoms with van der Waals surface area (Å²) in [5, 5.41) is 14.3. The Hall–Kier alpha value is -1.10. The quantitative estimate of drug-likeness (QED) is 0.584. The second-order valence-electron chi connectivity index (χ2n) is 5.91. The SMILES string of the molecule is Cc1cc(NCC(C(C)C)C(C)C)c(Br)cc1[N+](=O)[O-]. The van der Waals surface area contributed by atoms with E-state index >= 15 is 0 Å². The Morgan fingerprint density at radius 3 is 2.25 bits per heavy atom. The number of hydrogen-bond acceptors (Lipinski definition) is 3. The number of rotatable bonds is 6. The number of halogens is 1. The molecule has 0 aliphatic heterocycles. The smallest absolute Gasteiger partial charge is 0.273 e. The molecule has 0 amide bonds. The van der Waals surface area contributed by atoms with Crippen LogP contribution in [0.3, 0.4) is 0 Å². The molecule has 1 aromatic rings. The van der Waals surface area contributed by atoms with Gasteiger partial charge in [-0.05, 0) is 46.7 Å². The summed E-state index contributed by atoms with van der Waals surface area (Å²) in [6, 6.07) is 3.40. The van der Waals surface area contributed by atoms with Crippen molar-refractivity contribution < 1.29 is 4.92 Å². The molecule has 1 rings (SSSR count). The average Bonchev–Trinajstić information content (AvgIpc) is 2.31. The van der Waals surface area contributed by atoms with Crippen LogP contribution in [0.5, 0.6) is 0 Å². The maximum absolute atomic E-state index is 10.9. The zero-order valence-corrected chi connectivity index (χ0v) is 14.3. The van der Waals surface area contributed by atoms with Crippen LogP contribution in [-0.4, -0.2) is 11.5 Å². The largest absolute Gasteiger partial charge is 0.384 e. The van der Waals surface area contributed by atoms with E-state index in [0.29, 0.717) is 23.3 Å². The molecule has 0 aliphatic rings. The average molecular weight is 343 g/mol. The lowest BCUT2D eigenvalue weighted by molar-refractivity contribution is -0.385. The van der Waals surface area contributed by atoms with Gasteiger partial charge in [-0.25, -0.2) is 0 Å². The Morgan fingerprint density at radius 1 is 1.25 bits per heavy atom. The number of aryl methyl sites for hydroxylation is 1. The third-order valence-electron chi connectivity index (χ3n) is 3.72. The predicted octanol–water partition coefficient (Wildman–Crippen LogP) is 5.01. The molecule has 4 nitrogen and oxygen atoms in total. The molecular weight excluding hydrogens is 320 g/mol. The van der Waals surface area contributed by atoms with Gasteiger partial charge in [0.25, 0.3) is 5.69 Å². The van der Waals surface area contributed by atoms with Crippen LogP contribution < -0.4 is 5.32 Å². The first-order chi connectivity index (χ1) is 9.23. The summed E-state index contributed by atoms with van der Waals surface area (Å²) in [6.45, 7) is 11.5. The summed E-state index contributed by atoms with van der Waals surface area (Å²) >= 11 is 3.41. The summed E-state index contributed by atoms with van der Waals surface area (Å²) in [5.41, 5.74) is 1.73. The van der Waals surface area contributed by atoms with E-state index < -0.39 is 0 Å².